The van der Waals surface area contributed by atoms with Crippen LogP contribution in [0.4, 0.5) is 0 Å². The van der Waals surface area contributed by atoms with Crippen molar-refractivity contribution in [2.45, 2.75) is 106 Å². The summed E-state index contributed by atoms with van der Waals surface area (Å²) in [6.07, 6.45) is -11.6. The Labute approximate surface area is 303 Å². The van der Waals surface area contributed by atoms with E-state index >= 15 is 0 Å². The number of rotatable bonds is 12. The summed E-state index contributed by atoms with van der Waals surface area (Å²) in [6, 6.07) is 6.90. The Kier molecular flexibility index (Phi) is 11.7. The van der Waals surface area contributed by atoms with E-state index < -0.39 is 128 Å². The van der Waals surface area contributed by atoms with Gasteiger partial charge in [0.25, 0.3) is 0 Å². The predicted octanol–water partition coefficient (Wildman–Crippen LogP) is -1.32. The molecular formula is C35H44O18. The maximum atomic E-state index is 13.0. The molecule has 0 aromatic heterocycles. The highest BCUT2D eigenvalue weighted by Gasteiger charge is 2.77. The molecule has 1 aromatic carbocycles. The van der Waals surface area contributed by atoms with E-state index in [1.54, 1.807) is 37.3 Å². The summed E-state index contributed by atoms with van der Waals surface area (Å²) >= 11 is 0. The minimum absolute atomic E-state index is 0.516. The summed E-state index contributed by atoms with van der Waals surface area (Å²) in [7, 11) is 1.53. The van der Waals surface area contributed by atoms with E-state index in [0.29, 0.717) is 11.3 Å². The van der Waals surface area contributed by atoms with Crippen LogP contribution in [0, 0.1) is 11.8 Å². The van der Waals surface area contributed by atoms with Crippen LogP contribution in [0.5, 0.6) is 5.75 Å². The van der Waals surface area contributed by atoms with Crippen molar-refractivity contribution in [2.75, 3.05) is 20.3 Å². The first-order chi connectivity index (χ1) is 25.3. The summed E-state index contributed by atoms with van der Waals surface area (Å²) in [6.45, 7) is 2.64. The number of ether oxygens (including phenoxy) is 10. The van der Waals surface area contributed by atoms with Gasteiger partial charge in [-0.2, -0.15) is 0 Å². The SMILES string of the molecule is COc1ccc(C=CC(=O)O[C@@H]2[C@@H](OC(C)=O)[C@@H](OC(C)=O)[C@H](O[C@H]3[C@H]4C=CO[C@@H](O[C@@H]5O[C@H](CO)[C@@H](O)[C@H](O)[C@H]5O)[C@H]4[C@@]4(CO)O[C@@H]34)O[C@H]2C)cc1. The second-order valence-corrected chi connectivity index (χ2v) is 13.4. The largest absolute Gasteiger partial charge is 0.497 e. The lowest BCUT2D eigenvalue weighted by atomic mass is 9.85. The Balaban J connectivity index is 1.21. The highest BCUT2D eigenvalue weighted by Crippen LogP contribution is 2.61. The number of esters is 3. The number of hydrogen-bond acceptors (Lipinski definition) is 18. The van der Waals surface area contributed by atoms with Crippen LogP contribution in [-0.4, -0.2) is 149 Å². The predicted molar refractivity (Wildman–Crippen MR) is 173 cm³/mol. The van der Waals surface area contributed by atoms with Crippen molar-refractivity contribution in [3.05, 3.63) is 48.2 Å². The maximum Gasteiger partial charge on any atom is 0.331 e. The third-order valence-corrected chi connectivity index (χ3v) is 10.0. The van der Waals surface area contributed by atoms with Gasteiger partial charge in [0, 0.05) is 25.8 Å². The van der Waals surface area contributed by atoms with Gasteiger partial charge in [0.15, 0.2) is 30.9 Å². The molecule has 1 aromatic rings. The van der Waals surface area contributed by atoms with Crippen molar-refractivity contribution < 1.29 is 87.3 Å². The first-order valence-electron chi connectivity index (χ1n) is 17.1. The minimum Gasteiger partial charge on any atom is -0.497 e. The first kappa shape index (κ1) is 39.0. The summed E-state index contributed by atoms with van der Waals surface area (Å²) in [5.74, 6) is -3.13. The van der Waals surface area contributed by atoms with Crippen LogP contribution in [0.15, 0.2) is 42.7 Å². The van der Waals surface area contributed by atoms with Crippen molar-refractivity contribution in [3.8, 4) is 5.75 Å². The Morgan fingerprint density at radius 1 is 0.830 bits per heavy atom. The van der Waals surface area contributed by atoms with E-state index in [4.69, 9.17) is 47.4 Å². The van der Waals surface area contributed by atoms with Gasteiger partial charge in [0.05, 0.1) is 44.7 Å². The van der Waals surface area contributed by atoms with Crippen molar-refractivity contribution in [1.82, 2.24) is 0 Å². The molecule has 0 amide bonds. The molecule has 5 N–H and O–H groups in total. The van der Waals surface area contributed by atoms with Crippen molar-refractivity contribution in [2.24, 2.45) is 11.8 Å². The normalized spacial score (nSPS) is 41.5. The molecule has 4 heterocycles. The number of carbonyl (C=O) groups excluding carboxylic acids is 3. The van der Waals surface area contributed by atoms with E-state index in [-0.39, 0.29) is 0 Å². The van der Waals surface area contributed by atoms with Crippen LogP contribution < -0.4 is 4.74 Å². The lowest BCUT2D eigenvalue weighted by Crippen LogP contribution is -2.62. The zero-order chi connectivity index (χ0) is 38.2. The molecule has 18 nitrogen and oxygen atoms in total. The molecule has 0 radical (unpaired) electrons. The second kappa shape index (κ2) is 16.0. The molecule has 0 unspecified atom stereocenters. The molecule has 53 heavy (non-hydrogen) atoms. The Hall–Kier alpha value is -3.69. The van der Waals surface area contributed by atoms with Crippen molar-refractivity contribution >= 4 is 24.0 Å². The van der Waals surface area contributed by atoms with Gasteiger partial charge < -0.3 is 72.9 Å². The summed E-state index contributed by atoms with van der Waals surface area (Å²) in [4.78, 5) is 37.8. The van der Waals surface area contributed by atoms with Gasteiger partial charge in [-0.15, -0.1) is 0 Å². The average molecular weight is 753 g/mol. The van der Waals surface area contributed by atoms with Gasteiger partial charge in [-0.3, -0.25) is 9.59 Å². The Bertz CT molecular complexity index is 1530. The zero-order valence-corrected chi connectivity index (χ0v) is 29.2. The number of carbonyl (C=O) groups is 3. The second-order valence-electron chi connectivity index (χ2n) is 13.4. The van der Waals surface area contributed by atoms with Gasteiger partial charge in [0.1, 0.15) is 41.9 Å². The van der Waals surface area contributed by atoms with E-state index in [1.807, 2.05) is 0 Å². The van der Waals surface area contributed by atoms with E-state index in [2.05, 4.69) is 0 Å². The van der Waals surface area contributed by atoms with Gasteiger partial charge in [-0.25, -0.2) is 4.79 Å². The summed E-state index contributed by atoms with van der Waals surface area (Å²) < 4.78 is 57.8. The molecule has 1 saturated carbocycles. The fourth-order valence-electron chi connectivity index (χ4n) is 7.41. The smallest absolute Gasteiger partial charge is 0.331 e. The number of epoxide rings is 1. The first-order valence-corrected chi connectivity index (χ1v) is 17.1. The van der Waals surface area contributed by atoms with Gasteiger partial charge in [0.2, 0.25) is 6.29 Å². The van der Waals surface area contributed by atoms with Gasteiger partial charge >= 0.3 is 17.9 Å². The van der Waals surface area contributed by atoms with E-state index in [1.165, 1.54) is 25.5 Å². The molecule has 1 aliphatic carbocycles. The summed E-state index contributed by atoms with van der Waals surface area (Å²) in [5, 5.41) is 51.2. The van der Waals surface area contributed by atoms with Crippen LogP contribution in [0.1, 0.15) is 26.3 Å². The number of fused-ring (bicyclic) bond motifs is 3. The Morgan fingerprint density at radius 2 is 1.53 bits per heavy atom. The minimum atomic E-state index is -1.73. The molecule has 0 spiro atoms. The third-order valence-electron chi connectivity index (χ3n) is 10.0. The molecule has 5 aliphatic rings. The van der Waals surface area contributed by atoms with Crippen LogP contribution in [0.3, 0.4) is 0 Å². The number of aliphatic hydroxyl groups excluding tert-OH is 5. The molecule has 16 atom stereocenters. The molecule has 18 heteroatoms. The van der Waals surface area contributed by atoms with Gasteiger partial charge in [-0.05, 0) is 36.8 Å². The molecule has 0 bridgehead atoms. The van der Waals surface area contributed by atoms with Crippen LogP contribution in [0.25, 0.3) is 6.08 Å². The highest BCUT2D eigenvalue weighted by atomic mass is 16.8. The molecule has 292 valence electrons. The van der Waals surface area contributed by atoms with Crippen LogP contribution in [0.2, 0.25) is 0 Å². The van der Waals surface area contributed by atoms with Crippen molar-refractivity contribution in [1.29, 1.82) is 0 Å². The number of aliphatic hydroxyl groups is 5. The third kappa shape index (κ3) is 7.79. The van der Waals surface area contributed by atoms with E-state index in [0.717, 1.165) is 13.8 Å². The van der Waals surface area contributed by atoms with E-state index in [9.17, 15) is 39.9 Å². The zero-order valence-electron chi connectivity index (χ0n) is 29.2. The van der Waals surface area contributed by atoms with Crippen LogP contribution in [-0.2, 0) is 57.0 Å². The lowest BCUT2D eigenvalue weighted by Gasteiger charge is -2.45. The molecule has 6 rings (SSSR count). The fourth-order valence-corrected chi connectivity index (χ4v) is 7.41. The Morgan fingerprint density at radius 3 is 2.17 bits per heavy atom. The maximum absolute atomic E-state index is 13.0. The van der Waals surface area contributed by atoms with Crippen molar-refractivity contribution in [3.63, 3.8) is 0 Å². The molecule has 3 saturated heterocycles. The van der Waals surface area contributed by atoms with Crippen LogP contribution >= 0.6 is 0 Å². The number of hydrogen-bond donors (Lipinski definition) is 5. The standard InChI is InChI=1S/C35H44O18/c1-15-27(50-22(40)10-7-18-5-8-19(44-4)9-6-18)29(47-16(2)38)30(48-17(3)39)34(46-15)51-28-20-11-12-45-32(23(20)35(14-37)31(28)53-35)52-33-26(43)25(42)24(41)21(13-36)49-33/h5-12,15,20-21,23-34,36-37,41-43H,13-14H2,1-4H3/t15-,20-,21+,23-,24+,25-,26+,27-,28-,29+,30+,31-,32-,33-,34-,35+/m0/s1. The highest BCUT2D eigenvalue weighted by molar-refractivity contribution is 5.87. The fraction of sp³-hybridized carbons (Fsp3) is 0.629. The molecular weight excluding hydrogens is 708 g/mol. The number of methoxy groups -OCH3 is 1. The molecule has 4 fully saturated rings. The topological polar surface area (TPSA) is 248 Å². The number of benzene rings is 1. The lowest BCUT2D eigenvalue weighted by molar-refractivity contribution is -0.347. The summed E-state index contributed by atoms with van der Waals surface area (Å²) in [5.41, 5.74) is -0.600. The molecule has 4 aliphatic heterocycles. The monoisotopic (exact) mass is 752 g/mol. The van der Waals surface area contributed by atoms with Gasteiger partial charge in [-0.1, -0.05) is 12.1 Å². The average Bonchev–Trinajstić information content (AvgIpc) is 3.81. The quantitative estimate of drug-likeness (QED) is 0.0719.